The van der Waals surface area contributed by atoms with Crippen molar-refractivity contribution in [3.8, 4) is 0 Å². The number of aryl methyl sites for hydroxylation is 1. The van der Waals surface area contributed by atoms with Crippen molar-refractivity contribution in [1.29, 1.82) is 0 Å². The molecule has 1 aromatic heterocycles. The minimum absolute atomic E-state index is 0.246. The van der Waals surface area contributed by atoms with E-state index in [1.807, 2.05) is 11.8 Å². The highest BCUT2D eigenvalue weighted by molar-refractivity contribution is 14.1. The fraction of sp³-hybridized carbons (Fsp3) is 0.714. The molecule has 0 unspecified atom stereocenters. The predicted octanol–water partition coefficient (Wildman–Crippen LogP) is 4.50. The molecule has 0 spiro atoms. The van der Waals surface area contributed by atoms with Gasteiger partial charge in [0.15, 0.2) is 0 Å². The van der Waals surface area contributed by atoms with E-state index in [0.29, 0.717) is 0 Å². The van der Waals surface area contributed by atoms with Crippen LogP contribution in [0.25, 0.3) is 0 Å². The summed E-state index contributed by atoms with van der Waals surface area (Å²) < 4.78 is 1.42. The van der Waals surface area contributed by atoms with Gasteiger partial charge < -0.3 is 5.32 Å². The van der Waals surface area contributed by atoms with Crippen molar-refractivity contribution in [2.75, 3.05) is 11.9 Å². The molecule has 0 aliphatic carbocycles. The number of nitrogens with zero attached hydrogens (tertiary/aromatic N) is 2. The number of hydrogen-bond donors (Lipinski definition) is 1. The standard InChI is InChI=1S/C14H24IN3S/c1-6-8-10-12(15)13(16-7-2)18-11(17-10)9-19-14(3,4)5/h6-9H2,1-5H3,(H,16,17,18). The molecule has 5 heteroatoms. The summed E-state index contributed by atoms with van der Waals surface area (Å²) in [5, 5.41) is 3.34. The molecule has 0 aliphatic rings. The first-order valence-electron chi connectivity index (χ1n) is 6.80. The van der Waals surface area contributed by atoms with E-state index in [9.17, 15) is 0 Å². The third-order valence-electron chi connectivity index (χ3n) is 2.43. The molecule has 0 aromatic carbocycles. The average Bonchev–Trinajstić information content (AvgIpc) is 2.31. The van der Waals surface area contributed by atoms with Gasteiger partial charge in [-0.05, 0) is 35.9 Å². The van der Waals surface area contributed by atoms with Crippen LogP contribution in [0.15, 0.2) is 0 Å². The monoisotopic (exact) mass is 393 g/mol. The van der Waals surface area contributed by atoms with Gasteiger partial charge in [0, 0.05) is 11.3 Å². The van der Waals surface area contributed by atoms with E-state index in [4.69, 9.17) is 4.98 Å². The molecule has 1 heterocycles. The number of rotatable bonds is 6. The average molecular weight is 393 g/mol. The molecule has 0 aliphatic heterocycles. The zero-order valence-corrected chi connectivity index (χ0v) is 15.5. The zero-order chi connectivity index (χ0) is 14.5. The van der Waals surface area contributed by atoms with Gasteiger partial charge in [0.2, 0.25) is 0 Å². The molecular formula is C14H24IN3S. The van der Waals surface area contributed by atoms with Crippen LogP contribution >= 0.6 is 34.4 Å². The summed E-state index contributed by atoms with van der Waals surface area (Å²) in [5.41, 5.74) is 1.18. The molecule has 0 saturated carbocycles. The maximum atomic E-state index is 4.73. The third-order valence-corrected chi connectivity index (χ3v) is 4.83. The third kappa shape index (κ3) is 5.85. The molecule has 108 valence electrons. The molecule has 1 rings (SSSR count). The van der Waals surface area contributed by atoms with E-state index >= 15 is 0 Å². The van der Waals surface area contributed by atoms with Crippen molar-refractivity contribution in [1.82, 2.24) is 9.97 Å². The van der Waals surface area contributed by atoms with Crippen LogP contribution in [0.2, 0.25) is 0 Å². The Labute approximate surface area is 134 Å². The van der Waals surface area contributed by atoms with E-state index < -0.39 is 0 Å². The van der Waals surface area contributed by atoms with Crippen LogP contribution in [0.4, 0.5) is 5.82 Å². The molecule has 0 radical (unpaired) electrons. The Morgan fingerprint density at radius 2 is 1.89 bits per heavy atom. The molecule has 0 bridgehead atoms. The van der Waals surface area contributed by atoms with Crippen LogP contribution in [0.5, 0.6) is 0 Å². The largest absolute Gasteiger partial charge is 0.369 e. The molecule has 1 N–H and O–H groups in total. The van der Waals surface area contributed by atoms with E-state index in [-0.39, 0.29) is 4.75 Å². The summed E-state index contributed by atoms with van der Waals surface area (Å²) in [6.07, 6.45) is 2.14. The molecular weight excluding hydrogens is 369 g/mol. The summed E-state index contributed by atoms with van der Waals surface area (Å²) in [7, 11) is 0. The van der Waals surface area contributed by atoms with Crippen molar-refractivity contribution in [3.05, 3.63) is 15.1 Å². The maximum absolute atomic E-state index is 4.73. The highest BCUT2D eigenvalue weighted by Crippen LogP contribution is 2.28. The van der Waals surface area contributed by atoms with Crippen LogP contribution in [-0.2, 0) is 12.2 Å². The molecule has 0 saturated heterocycles. The van der Waals surface area contributed by atoms with Gasteiger partial charge in [-0.25, -0.2) is 9.97 Å². The van der Waals surface area contributed by atoms with Gasteiger partial charge in [-0.2, -0.15) is 0 Å². The molecule has 0 fully saturated rings. The van der Waals surface area contributed by atoms with Gasteiger partial charge in [-0.1, -0.05) is 34.1 Å². The lowest BCUT2D eigenvalue weighted by Crippen LogP contribution is -2.12. The minimum atomic E-state index is 0.246. The van der Waals surface area contributed by atoms with Crippen molar-refractivity contribution in [3.63, 3.8) is 0 Å². The second-order valence-electron chi connectivity index (χ2n) is 5.43. The van der Waals surface area contributed by atoms with Crippen LogP contribution in [0.3, 0.4) is 0 Å². The minimum Gasteiger partial charge on any atom is -0.369 e. The summed E-state index contributed by atoms with van der Waals surface area (Å²) in [6.45, 7) is 11.9. The SMILES string of the molecule is CCCc1nc(CSC(C)(C)C)nc(NCC)c1I. The maximum Gasteiger partial charge on any atom is 0.143 e. The van der Waals surface area contributed by atoms with Gasteiger partial charge in [-0.15, -0.1) is 11.8 Å². The van der Waals surface area contributed by atoms with Crippen molar-refractivity contribution in [2.45, 2.75) is 58.0 Å². The van der Waals surface area contributed by atoms with E-state index in [1.165, 1.54) is 9.26 Å². The Kier molecular flexibility index (Phi) is 6.86. The first-order chi connectivity index (χ1) is 8.87. The lowest BCUT2D eigenvalue weighted by molar-refractivity contribution is 0.797. The molecule has 19 heavy (non-hydrogen) atoms. The lowest BCUT2D eigenvalue weighted by atomic mass is 10.2. The smallest absolute Gasteiger partial charge is 0.143 e. The van der Waals surface area contributed by atoms with Gasteiger partial charge in [0.1, 0.15) is 11.6 Å². The molecule has 0 amide bonds. The van der Waals surface area contributed by atoms with Gasteiger partial charge in [0.25, 0.3) is 0 Å². The number of anilines is 1. The van der Waals surface area contributed by atoms with Gasteiger partial charge in [0.05, 0.1) is 15.0 Å². The van der Waals surface area contributed by atoms with E-state index in [1.54, 1.807) is 0 Å². The lowest BCUT2D eigenvalue weighted by Gasteiger charge is -2.18. The number of nitrogens with one attached hydrogen (secondary N) is 1. The Hall–Kier alpha value is -0.0400. The van der Waals surface area contributed by atoms with Crippen LogP contribution in [0.1, 0.15) is 52.6 Å². The van der Waals surface area contributed by atoms with Gasteiger partial charge in [-0.3, -0.25) is 0 Å². The van der Waals surface area contributed by atoms with Crippen LogP contribution < -0.4 is 5.32 Å². The zero-order valence-electron chi connectivity index (χ0n) is 12.5. The fourth-order valence-electron chi connectivity index (χ4n) is 1.58. The highest BCUT2D eigenvalue weighted by atomic mass is 127. The fourth-order valence-corrected chi connectivity index (χ4v) is 2.97. The summed E-state index contributed by atoms with van der Waals surface area (Å²) >= 11 is 4.25. The second kappa shape index (κ2) is 7.67. The Balaban J connectivity index is 2.97. The predicted molar refractivity (Wildman–Crippen MR) is 94.0 cm³/mol. The first-order valence-corrected chi connectivity index (χ1v) is 8.87. The second-order valence-corrected chi connectivity index (χ2v) is 8.31. The number of thioether (sulfide) groups is 1. The van der Waals surface area contributed by atoms with Crippen molar-refractivity contribution >= 4 is 40.2 Å². The molecule has 3 nitrogen and oxygen atoms in total. The summed E-state index contributed by atoms with van der Waals surface area (Å²) in [6, 6.07) is 0. The normalized spacial score (nSPS) is 11.7. The number of aromatic nitrogens is 2. The van der Waals surface area contributed by atoms with Crippen LogP contribution in [-0.4, -0.2) is 21.3 Å². The highest BCUT2D eigenvalue weighted by Gasteiger charge is 2.15. The Morgan fingerprint density at radius 1 is 1.21 bits per heavy atom. The van der Waals surface area contributed by atoms with E-state index in [2.05, 4.69) is 67.5 Å². The van der Waals surface area contributed by atoms with Crippen molar-refractivity contribution in [2.24, 2.45) is 0 Å². The Morgan fingerprint density at radius 3 is 2.42 bits per heavy atom. The van der Waals surface area contributed by atoms with Crippen LogP contribution in [0, 0.1) is 3.57 Å². The number of halogens is 1. The Bertz CT molecular complexity index is 389. The first kappa shape index (κ1) is 17.0. The summed E-state index contributed by atoms with van der Waals surface area (Å²) in [4.78, 5) is 9.39. The quantitative estimate of drug-likeness (QED) is 0.723. The van der Waals surface area contributed by atoms with Gasteiger partial charge >= 0.3 is 0 Å². The molecule has 1 aromatic rings. The van der Waals surface area contributed by atoms with Crippen molar-refractivity contribution < 1.29 is 0 Å². The van der Waals surface area contributed by atoms with E-state index in [0.717, 1.165) is 36.8 Å². The summed E-state index contributed by atoms with van der Waals surface area (Å²) in [5.74, 6) is 2.81. The topological polar surface area (TPSA) is 37.8 Å². The number of hydrogen-bond acceptors (Lipinski definition) is 4. The molecule has 0 atom stereocenters.